The van der Waals surface area contributed by atoms with Crippen LogP contribution in [0.5, 0.6) is 0 Å². The fourth-order valence-electron chi connectivity index (χ4n) is 1.72. The fraction of sp³-hybridized carbons (Fsp3) is 0.889. The molecule has 16 heavy (non-hydrogen) atoms. The van der Waals surface area contributed by atoms with Gasteiger partial charge in [0.15, 0.2) is 0 Å². The Bertz CT molecular complexity index is 245. The van der Waals surface area contributed by atoms with Gasteiger partial charge < -0.3 is 10.6 Å². The third-order valence-electron chi connectivity index (χ3n) is 2.39. The molecule has 1 atom stereocenters. The molecule has 0 aromatic heterocycles. The van der Waals surface area contributed by atoms with Gasteiger partial charge in [0.05, 0.1) is 6.54 Å². The van der Waals surface area contributed by atoms with Crippen molar-refractivity contribution in [2.75, 3.05) is 32.7 Å². The lowest BCUT2D eigenvalue weighted by molar-refractivity contribution is -0.156. The Kier molecular flexibility index (Phi) is 4.55. The van der Waals surface area contributed by atoms with Gasteiger partial charge in [-0.05, 0) is 6.92 Å². The van der Waals surface area contributed by atoms with Crippen molar-refractivity contribution in [2.24, 2.45) is 0 Å². The predicted molar refractivity (Wildman–Crippen MR) is 53.0 cm³/mol. The molecule has 0 spiro atoms. The van der Waals surface area contributed by atoms with Crippen LogP contribution in [-0.4, -0.2) is 55.7 Å². The van der Waals surface area contributed by atoms with Crippen LogP contribution in [0.15, 0.2) is 0 Å². The van der Waals surface area contributed by atoms with Crippen molar-refractivity contribution in [1.82, 2.24) is 15.5 Å². The molecule has 0 aliphatic carbocycles. The zero-order valence-corrected chi connectivity index (χ0v) is 9.10. The second-order valence-electron chi connectivity index (χ2n) is 3.70. The van der Waals surface area contributed by atoms with Gasteiger partial charge in [-0.15, -0.1) is 0 Å². The number of carbonyl (C=O) groups excluding carboxylic acids is 1. The summed E-state index contributed by atoms with van der Waals surface area (Å²) >= 11 is 0. The second kappa shape index (κ2) is 5.49. The van der Waals surface area contributed by atoms with E-state index < -0.39 is 18.8 Å². The summed E-state index contributed by atoms with van der Waals surface area (Å²) in [6.45, 7) is 2.11. The van der Waals surface area contributed by atoms with Crippen LogP contribution in [0.3, 0.4) is 0 Å². The van der Waals surface area contributed by atoms with E-state index in [4.69, 9.17) is 0 Å². The molecule has 0 aromatic rings. The van der Waals surface area contributed by atoms with Crippen molar-refractivity contribution < 1.29 is 18.0 Å². The van der Waals surface area contributed by atoms with E-state index in [1.54, 1.807) is 6.92 Å². The van der Waals surface area contributed by atoms with Crippen molar-refractivity contribution in [3.05, 3.63) is 0 Å². The maximum Gasteiger partial charge on any atom is 0.401 e. The summed E-state index contributed by atoms with van der Waals surface area (Å²) < 4.78 is 36.8. The van der Waals surface area contributed by atoms with E-state index >= 15 is 0 Å². The van der Waals surface area contributed by atoms with Crippen molar-refractivity contribution in [3.8, 4) is 0 Å². The number of hydrogen-bond donors (Lipinski definition) is 2. The Morgan fingerprint density at radius 1 is 1.56 bits per heavy atom. The van der Waals surface area contributed by atoms with Gasteiger partial charge in [0, 0.05) is 26.2 Å². The topological polar surface area (TPSA) is 44.4 Å². The summed E-state index contributed by atoms with van der Waals surface area (Å²) in [6, 6.07) is -0.727. The number of nitrogens with zero attached hydrogens (tertiary/aromatic N) is 1. The van der Waals surface area contributed by atoms with Gasteiger partial charge in [0.25, 0.3) is 0 Å². The van der Waals surface area contributed by atoms with Crippen LogP contribution in [0.4, 0.5) is 13.2 Å². The number of carbonyl (C=O) groups is 1. The highest BCUT2D eigenvalue weighted by atomic mass is 19.4. The molecule has 1 saturated heterocycles. The number of rotatable bonds is 3. The lowest BCUT2D eigenvalue weighted by Gasteiger charge is -2.35. The molecule has 2 N–H and O–H groups in total. The third-order valence-corrected chi connectivity index (χ3v) is 2.39. The van der Waals surface area contributed by atoms with Crippen molar-refractivity contribution in [2.45, 2.75) is 19.1 Å². The van der Waals surface area contributed by atoms with E-state index in [1.807, 2.05) is 0 Å². The van der Waals surface area contributed by atoms with E-state index in [0.29, 0.717) is 13.1 Å². The molecule has 7 heteroatoms. The van der Waals surface area contributed by atoms with Gasteiger partial charge in [0.2, 0.25) is 5.91 Å². The highest BCUT2D eigenvalue weighted by Gasteiger charge is 2.37. The molecule has 1 aliphatic rings. The molecular formula is C9H16F3N3O. The maximum absolute atomic E-state index is 12.3. The lowest BCUT2D eigenvalue weighted by Crippen LogP contribution is -2.59. The van der Waals surface area contributed by atoms with Gasteiger partial charge in [-0.25, -0.2) is 0 Å². The highest BCUT2D eigenvalue weighted by molar-refractivity contribution is 5.82. The highest BCUT2D eigenvalue weighted by Crippen LogP contribution is 2.18. The van der Waals surface area contributed by atoms with Crippen molar-refractivity contribution >= 4 is 5.91 Å². The molecule has 0 radical (unpaired) electrons. The monoisotopic (exact) mass is 239 g/mol. The molecule has 1 amide bonds. The SMILES string of the molecule is CCNC(=O)C1CNCCN1CC(F)(F)F. The second-order valence-corrected chi connectivity index (χ2v) is 3.70. The van der Waals surface area contributed by atoms with Crippen LogP contribution in [0, 0.1) is 0 Å². The maximum atomic E-state index is 12.3. The molecule has 1 aliphatic heterocycles. The standard InChI is InChI=1S/C9H16F3N3O/c1-2-14-8(16)7-5-13-3-4-15(7)6-9(10,11)12/h7,13H,2-6H2,1H3,(H,14,16). The molecule has 1 heterocycles. The van der Waals surface area contributed by atoms with Gasteiger partial charge in [-0.3, -0.25) is 9.69 Å². The molecular weight excluding hydrogens is 223 g/mol. The van der Waals surface area contributed by atoms with Crippen LogP contribution < -0.4 is 10.6 Å². The van der Waals surface area contributed by atoms with Crippen LogP contribution in [0.25, 0.3) is 0 Å². The molecule has 1 rings (SSSR count). The predicted octanol–water partition coefficient (Wildman–Crippen LogP) is -0.0414. The minimum absolute atomic E-state index is 0.237. The van der Waals surface area contributed by atoms with Gasteiger partial charge in [-0.1, -0.05) is 0 Å². The summed E-state index contributed by atoms with van der Waals surface area (Å²) in [7, 11) is 0. The number of likely N-dealkylation sites (N-methyl/N-ethyl adjacent to an activating group) is 1. The molecule has 0 bridgehead atoms. The Balaban J connectivity index is 2.60. The Morgan fingerprint density at radius 2 is 2.25 bits per heavy atom. The molecule has 0 aromatic carbocycles. The average molecular weight is 239 g/mol. The molecule has 4 nitrogen and oxygen atoms in total. The number of alkyl halides is 3. The summed E-state index contributed by atoms with van der Waals surface area (Å²) in [5.74, 6) is -0.348. The first-order chi connectivity index (χ1) is 7.44. The first kappa shape index (κ1) is 13.2. The normalized spacial score (nSPS) is 23.1. The minimum Gasteiger partial charge on any atom is -0.355 e. The number of halogens is 3. The van der Waals surface area contributed by atoms with E-state index in [0.717, 1.165) is 0 Å². The Morgan fingerprint density at radius 3 is 2.81 bits per heavy atom. The van der Waals surface area contributed by atoms with Crippen molar-refractivity contribution in [3.63, 3.8) is 0 Å². The van der Waals surface area contributed by atoms with E-state index in [-0.39, 0.29) is 19.0 Å². The smallest absolute Gasteiger partial charge is 0.355 e. The molecule has 94 valence electrons. The summed E-state index contributed by atoms with van der Waals surface area (Å²) in [5.41, 5.74) is 0. The van der Waals surface area contributed by atoms with Crippen LogP contribution in [0.2, 0.25) is 0 Å². The van der Waals surface area contributed by atoms with E-state index in [1.165, 1.54) is 4.90 Å². The zero-order chi connectivity index (χ0) is 12.2. The van der Waals surface area contributed by atoms with Gasteiger partial charge in [0.1, 0.15) is 6.04 Å². The molecule has 0 saturated carbocycles. The largest absolute Gasteiger partial charge is 0.401 e. The number of piperazine rings is 1. The lowest BCUT2D eigenvalue weighted by atomic mass is 10.1. The fourth-order valence-corrected chi connectivity index (χ4v) is 1.72. The Hall–Kier alpha value is -0.820. The average Bonchev–Trinajstić information content (AvgIpc) is 2.16. The van der Waals surface area contributed by atoms with Gasteiger partial charge >= 0.3 is 6.18 Å². The first-order valence-electron chi connectivity index (χ1n) is 5.23. The van der Waals surface area contributed by atoms with Crippen LogP contribution in [-0.2, 0) is 4.79 Å². The van der Waals surface area contributed by atoms with Crippen LogP contribution in [0.1, 0.15) is 6.92 Å². The van der Waals surface area contributed by atoms with E-state index in [2.05, 4.69) is 10.6 Å². The van der Waals surface area contributed by atoms with E-state index in [9.17, 15) is 18.0 Å². The molecule has 1 unspecified atom stereocenters. The quantitative estimate of drug-likeness (QED) is 0.726. The molecule has 1 fully saturated rings. The van der Waals surface area contributed by atoms with Crippen molar-refractivity contribution in [1.29, 1.82) is 0 Å². The summed E-state index contributed by atoms with van der Waals surface area (Å²) in [4.78, 5) is 12.7. The number of amides is 1. The number of hydrogen-bond acceptors (Lipinski definition) is 3. The third kappa shape index (κ3) is 3.97. The first-order valence-corrected chi connectivity index (χ1v) is 5.23. The van der Waals surface area contributed by atoms with Gasteiger partial charge in [-0.2, -0.15) is 13.2 Å². The summed E-state index contributed by atoms with van der Waals surface area (Å²) in [5, 5.41) is 5.46. The minimum atomic E-state index is -4.26. The number of nitrogens with one attached hydrogen (secondary N) is 2. The zero-order valence-electron chi connectivity index (χ0n) is 9.10. The van der Waals surface area contributed by atoms with Crippen LogP contribution >= 0.6 is 0 Å². The Labute approximate surface area is 92.2 Å². The summed E-state index contributed by atoms with van der Waals surface area (Å²) in [6.07, 6.45) is -4.26.